The number of carbonyl (C=O) groups excluding carboxylic acids is 1. The molecule has 0 saturated heterocycles. The van der Waals surface area contributed by atoms with Gasteiger partial charge in [0.25, 0.3) is 10.0 Å². The maximum absolute atomic E-state index is 13.0. The summed E-state index contributed by atoms with van der Waals surface area (Å²) in [7, 11) is -7.10. The van der Waals surface area contributed by atoms with Gasteiger partial charge in [0.15, 0.2) is 0 Å². The van der Waals surface area contributed by atoms with Crippen LogP contribution in [0.2, 0.25) is 0 Å². The van der Waals surface area contributed by atoms with Crippen molar-refractivity contribution in [3.05, 3.63) is 54.1 Å². The molecule has 0 saturated carbocycles. The minimum absolute atomic E-state index is 0.0256. The van der Waals surface area contributed by atoms with Gasteiger partial charge in [-0.05, 0) is 49.2 Å². The smallest absolute Gasteiger partial charge is 0.263 e. The van der Waals surface area contributed by atoms with Gasteiger partial charge in [-0.25, -0.2) is 16.8 Å². The molecule has 0 bridgehead atoms. The minimum Gasteiger partial charge on any atom is -0.324 e. The second-order valence-electron chi connectivity index (χ2n) is 7.72. The Hall–Kier alpha value is -2.92. The molecule has 3 rings (SSSR count). The number of aliphatic imine (C=N–C) groups is 1. The summed E-state index contributed by atoms with van der Waals surface area (Å²) < 4.78 is 53.4. The SMILES string of the molecule is CCCCC(N=C1NS(=O)(=O)c2ccccc21)C(=O)Nc1ccc(NS(=O)(=O)CCC)cc1. The minimum atomic E-state index is -3.70. The molecule has 9 nitrogen and oxygen atoms in total. The molecule has 0 fully saturated rings. The van der Waals surface area contributed by atoms with E-state index in [2.05, 4.69) is 19.8 Å². The summed E-state index contributed by atoms with van der Waals surface area (Å²) in [5.41, 5.74) is 1.32. The van der Waals surface area contributed by atoms with Crippen molar-refractivity contribution in [3.63, 3.8) is 0 Å². The van der Waals surface area contributed by atoms with E-state index in [0.717, 1.165) is 12.8 Å². The molecule has 2 aromatic rings. The lowest BCUT2D eigenvalue weighted by molar-refractivity contribution is -0.117. The van der Waals surface area contributed by atoms with E-state index >= 15 is 0 Å². The van der Waals surface area contributed by atoms with Gasteiger partial charge in [-0.3, -0.25) is 19.2 Å². The van der Waals surface area contributed by atoms with Gasteiger partial charge in [0.2, 0.25) is 15.9 Å². The number of nitrogens with zero attached hydrogens (tertiary/aromatic N) is 1. The molecule has 0 spiro atoms. The molecule has 0 aromatic heterocycles. The van der Waals surface area contributed by atoms with E-state index in [4.69, 9.17) is 0 Å². The number of carbonyl (C=O) groups is 1. The van der Waals surface area contributed by atoms with E-state index in [-0.39, 0.29) is 22.4 Å². The van der Waals surface area contributed by atoms with Crippen molar-refractivity contribution in [2.24, 2.45) is 4.99 Å². The lowest BCUT2D eigenvalue weighted by Gasteiger charge is -2.14. The number of nitrogens with one attached hydrogen (secondary N) is 3. The molecule has 33 heavy (non-hydrogen) atoms. The largest absolute Gasteiger partial charge is 0.324 e. The van der Waals surface area contributed by atoms with Crippen molar-refractivity contribution in [1.82, 2.24) is 4.72 Å². The third-order valence-electron chi connectivity index (χ3n) is 4.98. The Morgan fingerprint density at radius 1 is 1.03 bits per heavy atom. The van der Waals surface area contributed by atoms with E-state index in [1.165, 1.54) is 6.07 Å². The first kappa shape index (κ1) is 24.7. The fraction of sp³-hybridized carbons (Fsp3) is 0.364. The lowest BCUT2D eigenvalue weighted by Crippen LogP contribution is -2.30. The van der Waals surface area contributed by atoms with Gasteiger partial charge in [-0.2, -0.15) is 0 Å². The van der Waals surface area contributed by atoms with Crippen molar-refractivity contribution >= 4 is 43.2 Å². The maximum atomic E-state index is 13.0. The van der Waals surface area contributed by atoms with Crippen LogP contribution in [0.4, 0.5) is 11.4 Å². The zero-order chi connectivity index (χ0) is 24.1. The Morgan fingerprint density at radius 3 is 2.36 bits per heavy atom. The fourth-order valence-electron chi connectivity index (χ4n) is 3.38. The number of anilines is 2. The standard InChI is InChI=1S/C22H28N4O5S2/c1-3-5-9-19(24-21-18-8-6-7-10-20(18)33(30,31)26-21)22(27)23-16-11-13-17(14-12-16)25-32(28,29)15-4-2/h6-8,10-14,19,25H,3-5,9,15H2,1-2H3,(H,23,27)(H,24,26). The van der Waals surface area contributed by atoms with Crippen LogP contribution in [0, 0.1) is 0 Å². The molecule has 1 amide bonds. The Balaban J connectivity index is 1.78. The number of hydrogen-bond donors (Lipinski definition) is 3. The Labute approximate surface area is 194 Å². The maximum Gasteiger partial charge on any atom is 0.263 e. The summed E-state index contributed by atoms with van der Waals surface area (Å²) in [5, 5.41) is 2.78. The molecule has 3 N–H and O–H groups in total. The number of rotatable bonds is 10. The van der Waals surface area contributed by atoms with Crippen LogP contribution in [-0.4, -0.2) is 40.4 Å². The van der Waals surface area contributed by atoms with Crippen LogP contribution in [-0.2, 0) is 24.8 Å². The van der Waals surface area contributed by atoms with Crippen LogP contribution in [0.1, 0.15) is 45.1 Å². The molecule has 0 radical (unpaired) electrons. The summed E-state index contributed by atoms with van der Waals surface area (Å²) in [5.74, 6) is -0.195. The molecule has 1 unspecified atom stereocenters. The van der Waals surface area contributed by atoms with Crippen molar-refractivity contribution < 1.29 is 21.6 Å². The molecule has 11 heteroatoms. The first-order valence-electron chi connectivity index (χ1n) is 10.8. The lowest BCUT2D eigenvalue weighted by atomic mass is 10.1. The van der Waals surface area contributed by atoms with Crippen LogP contribution in [0.25, 0.3) is 0 Å². The summed E-state index contributed by atoms with van der Waals surface area (Å²) in [6, 6.07) is 12.0. The van der Waals surface area contributed by atoms with Crippen molar-refractivity contribution in [1.29, 1.82) is 0 Å². The number of unbranched alkanes of at least 4 members (excludes halogenated alkanes) is 1. The van der Waals surface area contributed by atoms with Gasteiger partial charge in [0.05, 0.1) is 10.6 Å². The first-order chi connectivity index (χ1) is 15.6. The van der Waals surface area contributed by atoms with Crippen LogP contribution in [0.15, 0.2) is 58.4 Å². The molecule has 0 aliphatic carbocycles. The number of sulfonamides is 2. The highest BCUT2D eigenvalue weighted by atomic mass is 32.2. The molecule has 178 valence electrons. The van der Waals surface area contributed by atoms with E-state index in [0.29, 0.717) is 29.8 Å². The van der Waals surface area contributed by atoms with Crippen LogP contribution >= 0.6 is 0 Å². The van der Waals surface area contributed by atoms with E-state index < -0.39 is 26.1 Å². The van der Waals surface area contributed by atoms with E-state index in [9.17, 15) is 21.6 Å². The number of benzene rings is 2. The first-order valence-corrected chi connectivity index (χ1v) is 13.9. The number of fused-ring (bicyclic) bond motifs is 1. The number of hydrogen-bond acceptors (Lipinski definition) is 6. The highest BCUT2D eigenvalue weighted by Gasteiger charge is 2.31. The second-order valence-corrected chi connectivity index (χ2v) is 11.2. The zero-order valence-electron chi connectivity index (χ0n) is 18.5. The summed E-state index contributed by atoms with van der Waals surface area (Å²) in [6.45, 7) is 3.78. The predicted molar refractivity (Wildman–Crippen MR) is 129 cm³/mol. The Kier molecular flexibility index (Phi) is 7.75. The average molecular weight is 493 g/mol. The Bertz CT molecular complexity index is 1240. The Morgan fingerprint density at radius 2 is 1.70 bits per heavy atom. The summed E-state index contributed by atoms with van der Waals surface area (Å²) >= 11 is 0. The highest BCUT2D eigenvalue weighted by molar-refractivity contribution is 7.92. The number of amides is 1. The second kappa shape index (κ2) is 10.3. The third-order valence-corrected chi connectivity index (χ3v) is 7.87. The van der Waals surface area contributed by atoms with E-state index in [1.54, 1.807) is 49.4 Å². The van der Waals surface area contributed by atoms with Gasteiger partial charge in [-0.1, -0.05) is 38.8 Å². The third kappa shape index (κ3) is 6.32. The predicted octanol–water partition coefficient (Wildman–Crippen LogP) is 3.07. The molecule has 1 aliphatic heterocycles. The summed E-state index contributed by atoms with van der Waals surface area (Å²) in [6.07, 6.45) is 2.54. The zero-order valence-corrected chi connectivity index (χ0v) is 20.2. The quantitative estimate of drug-likeness (QED) is 0.469. The van der Waals surface area contributed by atoms with Crippen LogP contribution in [0.3, 0.4) is 0 Å². The van der Waals surface area contributed by atoms with Crippen LogP contribution in [0.5, 0.6) is 0 Å². The average Bonchev–Trinajstić information content (AvgIpc) is 3.02. The summed E-state index contributed by atoms with van der Waals surface area (Å²) in [4.78, 5) is 17.6. The highest BCUT2D eigenvalue weighted by Crippen LogP contribution is 2.23. The van der Waals surface area contributed by atoms with Gasteiger partial charge in [-0.15, -0.1) is 0 Å². The molecule has 2 aromatic carbocycles. The van der Waals surface area contributed by atoms with Crippen molar-refractivity contribution in [2.75, 3.05) is 15.8 Å². The topological polar surface area (TPSA) is 134 Å². The van der Waals surface area contributed by atoms with Crippen LogP contribution < -0.4 is 14.8 Å². The molecular weight excluding hydrogens is 464 g/mol. The van der Waals surface area contributed by atoms with Gasteiger partial charge >= 0.3 is 0 Å². The van der Waals surface area contributed by atoms with Crippen molar-refractivity contribution in [3.8, 4) is 0 Å². The fourth-order valence-corrected chi connectivity index (χ4v) is 5.76. The number of amidine groups is 1. The normalized spacial score (nSPS) is 16.6. The monoisotopic (exact) mass is 492 g/mol. The van der Waals surface area contributed by atoms with Gasteiger partial charge in [0.1, 0.15) is 11.9 Å². The molecule has 1 atom stereocenters. The molecular formula is C22H28N4O5S2. The molecule has 1 aliphatic rings. The van der Waals surface area contributed by atoms with E-state index in [1.807, 2.05) is 6.92 Å². The van der Waals surface area contributed by atoms with Crippen molar-refractivity contribution in [2.45, 2.75) is 50.5 Å². The van der Waals surface area contributed by atoms with Gasteiger partial charge < -0.3 is 5.32 Å². The van der Waals surface area contributed by atoms with Gasteiger partial charge in [0, 0.05) is 16.9 Å². The molecule has 1 heterocycles.